The van der Waals surface area contributed by atoms with Crippen LogP contribution in [-0.2, 0) is 0 Å². The van der Waals surface area contributed by atoms with Crippen molar-refractivity contribution in [3.63, 3.8) is 0 Å². The van der Waals surface area contributed by atoms with Crippen LogP contribution in [-0.4, -0.2) is 34.8 Å². The average molecular weight is 159 g/mol. The zero-order valence-corrected chi connectivity index (χ0v) is 10.4. The van der Waals surface area contributed by atoms with Crippen LogP contribution in [0.4, 0.5) is 0 Å². The number of hydrogen-bond acceptors (Lipinski definition) is 1. The molecule has 0 aliphatic carbocycles. The zero-order valence-electron chi connectivity index (χ0n) is 8.45. The molecule has 10 heavy (non-hydrogen) atoms. The Balaban J connectivity index is 4.40. The normalized spacial score (nSPS) is 14.7. The van der Waals surface area contributed by atoms with Crippen LogP contribution in [0.3, 0.4) is 0 Å². The first-order chi connectivity index (χ1) is 4.19. The second kappa shape index (κ2) is 2.66. The van der Waals surface area contributed by atoms with Crippen LogP contribution >= 0.6 is 0 Å². The Bertz CT molecular complexity index is 111. The summed E-state index contributed by atoms with van der Waals surface area (Å²) in [6.45, 7) is 9.28. The summed E-state index contributed by atoms with van der Waals surface area (Å²) < 4.78 is 0. The van der Waals surface area contributed by atoms with Crippen LogP contribution in [0.2, 0.25) is 5.04 Å². The monoisotopic (exact) mass is 159 g/mol. The Kier molecular flexibility index (Phi) is 2.71. The molecule has 0 aromatic carbocycles. The summed E-state index contributed by atoms with van der Waals surface area (Å²) in [6.07, 6.45) is 0. The highest BCUT2D eigenvalue weighted by molar-refractivity contribution is 6.15. The lowest BCUT2D eigenvalue weighted by molar-refractivity contribution is 0.147. The molecule has 62 valence electrons. The maximum atomic E-state index is 2.33. The molecule has 0 N–H and O–H groups in total. The van der Waals surface area contributed by atoms with E-state index in [2.05, 4.69) is 46.7 Å². The van der Waals surface area contributed by atoms with Gasteiger partial charge in [-0.05, 0) is 33.0 Å². The fourth-order valence-corrected chi connectivity index (χ4v) is 1.12. The van der Waals surface area contributed by atoms with Gasteiger partial charge in [-0.1, -0.05) is 13.8 Å². The lowest BCUT2D eigenvalue weighted by Gasteiger charge is -2.44. The molecule has 0 bridgehead atoms. The van der Waals surface area contributed by atoms with Crippen molar-refractivity contribution in [3.8, 4) is 0 Å². The highest BCUT2D eigenvalue weighted by atomic mass is 28.1. The fourth-order valence-electron chi connectivity index (χ4n) is 0.671. The van der Waals surface area contributed by atoms with Crippen molar-refractivity contribution in [1.82, 2.24) is 4.90 Å². The van der Waals surface area contributed by atoms with Gasteiger partial charge in [-0.15, -0.1) is 0 Å². The van der Waals surface area contributed by atoms with Crippen LogP contribution in [0, 0.1) is 0 Å². The minimum absolute atomic E-state index is 0.333. The summed E-state index contributed by atoms with van der Waals surface area (Å²) in [5.41, 5.74) is 0.333. The first-order valence-electron chi connectivity index (χ1n) is 3.87. The third-order valence-corrected chi connectivity index (χ3v) is 4.18. The minimum Gasteiger partial charge on any atom is -0.304 e. The number of nitrogens with zero attached hydrogens (tertiary/aromatic N) is 1. The summed E-state index contributed by atoms with van der Waals surface area (Å²) in [5.74, 6) is 0. The molecule has 0 rings (SSSR count). The molecule has 0 radical (unpaired) electrons. The Hall–Kier alpha value is 0.177. The van der Waals surface area contributed by atoms with Crippen molar-refractivity contribution < 1.29 is 0 Å². The molecule has 0 aromatic heterocycles. The van der Waals surface area contributed by atoms with E-state index in [1.54, 1.807) is 0 Å². The van der Waals surface area contributed by atoms with E-state index in [-0.39, 0.29) is 0 Å². The molecule has 2 heteroatoms. The van der Waals surface area contributed by atoms with Gasteiger partial charge in [0.1, 0.15) is 0 Å². The lowest BCUT2D eigenvalue weighted by Crippen LogP contribution is -2.46. The maximum Gasteiger partial charge on any atom is 0.0165 e. The molecule has 0 saturated heterocycles. The third kappa shape index (κ3) is 1.83. The van der Waals surface area contributed by atoms with Crippen LogP contribution in [0.15, 0.2) is 0 Å². The van der Waals surface area contributed by atoms with E-state index in [9.17, 15) is 0 Å². The molecule has 0 aromatic rings. The van der Waals surface area contributed by atoms with Crippen LogP contribution in [0.5, 0.6) is 0 Å². The maximum absolute atomic E-state index is 2.33. The number of rotatable bonds is 2. The fraction of sp³-hybridized carbons (Fsp3) is 1.00. The second-order valence-electron chi connectivity index (χ2n) is 4.70. The van der Waals surface area contributed by atoms with Crippen LogP contribution < -0.4 is 0 Å². The van der Waals surface area contributed by atoms with E-state index < -0.39 is 0 Å². The van der Waals surface area contributed by atoms with Gasteiger partial charge in [0.15, 0.2) is 0 Å². The van der Waals surface area contributed by atoms with E-state index in [4.69, 9.17) is 0 Å². The molecule has 0 amide bonds. The van der Waals surface area contributed by atoms with Gasteiger partial charge in [0.05, 0.1) is 0 Å². The smallest absolute Gasteiger partial charge is 0.0165 e. The molecule has 0 saturated carbocycles. The Morgan fingerprint density at radius 2 is 1.30 bits per heavy atom. The zero-order chi connectivity index (χ0) is 8.58. The molecule has 0 fully saturated rings. The second-order valence-corrected chi connectivity index (χ2v) is 7.20. The predicted molar refractivity (Wildman–Crippen MR) is 51.7 cm³/mol. The van der Waals surface area contributed by atoms with Gasteiger partial charge in [-0.3, -0.25) is 0 Å². The van der Waals surface area contributed by atoms with Crippen molar-refractivity contribution in [2.75, 3.05) is 14.1 Å². The van der Waals surface area contributed by atoms with Gasteiger partial charge < -0.3 is 4.90 Å². The van der Waals surface area contributed by atoms with Crippen molar-refractivity contribution >= 4 is 10.2 Å². The van der Waals surface area contributed by atoms with E-state index in [1.165, 1.54) is 10.2 Å². The third-order valence-electron chi connectivity index (χ3n) is 2.95. The average Bonchev–Trinajstić information content (AvgIpc) is 1.62. The van der Waals surface area contributed by atoms with Crippen LogP contribution in [0.25, 0.3) is 0 Å². The molecule has 0 aliphatic heterocycles. The first-order valence-corrected chi connectivity index (χ1v) is 4.87. The molecule has 0 spiro atoms. The molecule has 0 aliphatic rings. The van der Waals surface area contributed by atoms with E-state index >= 15 is 0 Å². The first kappa shape index (κ1) is 10.2. The summed E-state index contributed by atoms with van der Waals surface area (Å²) >= 11 is 0. The molecule has 0 atom stereocenters. The number of hydrogen-bond donors (Lipinski definition) is 0. The van der Waals surface area contributed by atoms with Gasteiger partial charge in [0, 0.05) is 15.8 Å². The largest absolute Gasteiger partial charge is 0.304 e. The molecule has 0 heterocycles. The van der Waals surface area contributed by atoms with Crippen molar-refractivity contribution in [3.05, 3.63) is 0 Å². The molecular formula is C8H21NSi. The Labute approximate surface area is 68.2 Å². The van der Waals surface area contributed by atoms with Crippen molar-refractivity contribution in [2.24, 2.45) is 0 Å². The summed E-state index contributed by atoms with van der Waals surface area (Å²) in [7, 11) is 5.55. The van der Waals surface area contributed by atoms with Gasteiger partial charge in [0.2, 0.25) is 0 Å². The highest BCUT2D eigenvalue weighted by Crippen LogP contribution is 2.37. The van der Waals surface area contributed by atoms with E-state index in [0.717, 1.165) is 0 Å². The van der Waals surface area contributed by atoms with E-state index in [1.807, 2.05) is 0 Å². The van der Waals surface area contributed by atoms with Gasteiger partial charge >= 0.3 is 0 Å². The van der Waals surface area contributed by atoms with E-state index in [0.29, 0.717) is 10.6 Å². The van der Waals surface area contributed by atoms with Crippen LogP contribution in [0.1, 0.15) is 27.7 Å². The standard InChI is InChI=1S/C8H21NSi/c1-7(2,9(5)6)8(3,4)10/h1-6,10H3. The summed E-state index contributed by atoms with van der Waals surface area (Å²) in [5, 5.41) is 0.483. The molecular weight excluding hydrogens is 138 g/mol. The molecule has 0 unspecified atom stereocenters. The lowest BCUT2D eigenvalue weighted by atomic mass is 9.88. The van der Waals surface area contributed by atoms with Gasteiger partial charge in [-0.2, -0.15) is 0 Å². The summed E-state index contributed by atoms with van der Waals surface area (Å²) in [6, 6.07) is 0. The quantitative estimate of drug-likeness (QED) is 0.541. The van der Waals surface area contributed by atoms with Gasteiger partial charge in [-0.25, -0.2) is 0 Å². The Morgan fingerprint density at radius 1 is 1.00 bits per heavy atom. The Morgan fingerprint density at radius 3 is 1.30 bits per heavy atom. The van der Waals surface area contributed by atoms with Gasteiger partial charge in [0.25, 0.3) is 0 Å². The van der Waals surface area contributed by atoms with Crippen molar-refractivity contribution in [2.45, 2.75) is 38.3 Å². The SMILES string of the molecule is CN(C)C(C)(C)C(C)(C)[SiH3]. The predicted octanol–water partition coefficient (Wildman–Crippen LogP) is 0.890. The highest BCUT2D eigenvalue weighted by Gasteiger charge is 2.34. The topological polar surface area (TPSA) is 3.24 Å². The molecule has 1 nitrogen and oxygen atoms in total. The van der Waals surface area contributed by atoms with Crippen molar-refractivity contribution in [1.29, 1.82) is 0 Å². The summed E-state index contributed by atoms with van der Waals surface area (Å²) in [4.78, 5) is 2.31. The minimum atomic E-state index is 0.333.